The summed E-state index contributed by atoms with van der Waals surface area (Å²) in [4.78, 5) is 20.6. The van der Waals surface area contributed by atoms with Gasteiger partial charge in [-0.3, -0.25) is 20.2 Å². The molecule has 6 heteroatoms. The fourth-order valence-electron chi connectivity index (χ4n) is 1.60. The zero-order valence-electron chi connectivity index (χ0n) is 8.99. The van der Waals surface area contributed by atoms with Crippen LogP contribution in [0, 0.1) is 32.4 Å². The van der Waals surface area contributed by atoms with Gasteiger partial charge in [-0.2, -0.15) is 0 Å². The van der Waals surface area contributed by atoms with Crippen molar-refractivity contribution in [1.82, 2.24) is 0 Å². The van der Waals surface area contributed by atoms with Crippen molar-refractivity contribution in [2.24, 2.45) is 0 Å². The van der Waals surface area contributed by atoms with Gasteiger partial charge in [-0.05, 0) is 24.3 Å². The van der Waals surface area contributed by atoms with E-state index in [1.54, 1.807) is 0 Å². The number of nitrogens with zero attached hydrogens (tertiary/aromatic N) is 2. The SMILES string of the molecule is O=[N+]([O-])c1c[c]ccc1-c1cc[c]cc1[N+](=O)[O-]. The lowest BCUT2D eigenvalue weighted by Gasteiger charge is -2.03. The van der Waals surface area contributed by atoms with Gasteiger partial charge >= 0.3 is 0 Å². The quantitative estimate of drug-likeness (QED) is 0.611. The minimum Gasteiger partial charge on any atom is -0.258 e. The van der Waals surface area contributed by atoms with Crippen LogP contribution in [0.5, 0.6) is 0 Å². The van der Waals surface area contributed by atoms with Crippen LogP contribution in [-0.2, 0) is 0 Å². The van der Waals surface area contributed by atoms with E-state index in [0.29, 0.717) is 0 Å². The Morgan fingerprint density at radius 1 is 0.833 bits per heavy atom. The number of hydrogen-bond donors (Lipinski definition) is 0. The molecule has 0 fully saturated rings. The van der Waals surface area contributed by atoms with Crippen molar-refractivity contribution in [1.29, 1.82) is 0 Å². The molecule has 0 atom stereocenters. The Kier molecular flexibility index (Phi) is 3.01. The Labute approximate surface area is 102 Å². The monoisotopic (exact) mass is 242 g/mol. The van der Waals surface area contributed by atoms with Crippen LogP contribution in [0.3, 0.4) is 0 Å². The lowest BCUT2D eigenvalue weighted by Crippen LogP contribution is -1.95. The molecule has 0 aliphatic rings. The molecule has 0 saturated carbocycles. The average molecular weight is 242 g/mol. The van der Waals surface area contributed by atoms with Crippen molar-refractivity contribution in [3.8, 4) is 11.1 Å². The van der Waals surface area contributed by atoms with Gasteiger partial charge in [0.25, 0.3) is 11.4 Å². The molecule has 0 aliphatic heterocycles. The highest BCUT2D eigenvalue weighted by Crippen LogP contribution is 2.35. The minimum absolute atomic E-state index is 0.194. The second kappa shape index (κ2) is 4.62. The number of nitro groups is 2. The van der Waals surface area contributed by atoms with Crippen molar-refractivity contribution in [2.45, 2.75) is 0 Å². The molecule has 0 heterocycles. The van der Waals surface area contributed by atoms with E-state index in [4.69, 9.17) is 0 Å². The fourth-order valence-corrected chi connectivity index (χ4v) is 1.60. The Hall–Kier alpha value is -2.76. The van der Waals surface area contributed by atoms with E-state index in [1.807, 2.05) is 0 Å². The average Bonchev–Trinajstić information content (AvgIpc) is 2.38. The summed E-state index contributed by atoms with van der Waals surface area (Å²) in [5.41, 5.74) is -0.0440. The molecule has 2 aromatic carbocycles. The molecule has 0 bridgehead atoms. The van der Waals surface area contributed by atoms with Gasteiger partial charge in [0.05, 0.1) is 21.0 Å². The fraction of sp³-hybridized carbons (Fsp3) is 0. The van der Waals surface area contributed by atoms with E-state index >= 15 is 0 Å². The molecule has 2 aromatic rings. The van der Waals surface area contributed by atoms with Gasteiger partial charge in [-0.25, -0.2) is 0 Å². The third-order valence-electron chi connectivity index (χ3n) is 2.37. The Morgan fingerprint density at radius 3 is 1.56 bits per heavy atom. The van der Waals surface area contributed by atoms with Gasteiger partial charge in [0.15, 0.2) is 0 Å². The highest BCUT2D eigenvalue weighted by Gasteiger charge is 2.21. The third-order valence-corrected chi connectivity index (χ3v) is 2.37. The summed E-state index contributed by atoms with van der Waals surface area (Å²) in [7, 11) is 0. The molecule has 6 nitrogen and oxygen atoms in total. The van der Waals surface area contributed by atoms with Crippen molar-refractivity contribution in [2.75, 3.05) is 0 Å². The highest BCUT2D eigenvalue weighted by atomic mass is 16.6. The maximum Gasteiger partial charge on any atom is 0.278 e. The first-order valence-electron chi connectivity index (χ1n) is 4.90. The summed E-state index contributed by atoms with van der Waals surface area (Å²) in [6.07, 6.45) is 0. The van der Waals surface area contributed by atoms with Crippen molar-refractivity contribution >= 4 is 11.4 Å². The van der Waals surface area contributed by atoms with Crippen LogP contribution in [0.1, 0.15) is 0 Å². The molecule has 0 unspecified atom stereocenters. The molecular formula is C12H6N2O4. The summed E-state index contributed by atoms with van der Waals surface area (Å²) in [5, 5.41) is 21.8. The van der Waals surface area contributed by atoms with E-state index in [-0.39, 0.29) is 22.5 Å². The van der Waals surface area contributed by atoms with Gasteiger partial charge in [0.1, 0.15) is 0 Å². The zero-order valence-corrected chi connectivity index (χ0v) is 8.99. The summed E-state index contributed by atoms with van der Waals surface area (Å²) in [6.45, 7) is 0. The van der Waals surface area contributed by atoms with Gasteiger partial charge in [0.2, 0.25) is 0 Å². The topological polar surface area (TPSA) is 86.3 Å². The number of nitro benzene ring substituents is 2. The molecule has 0 aromatic heterocycles. The Bertz CT molecular complexity index is 569. The lowest BCUT2D eigenvalue weighted by atomic mass is 10.0. The van der Waals surface area contributed by atoms with E-state index in [0.717, 1.165) is 0 Å². The van der Waals surface area contributed by atoms with Crippen molar-refractivity contribution < 1.29 is 9.85 Å². The molecule has 2 rings (SSSR count). The molecule has 0 saturated heterocycles. The van der Waals surface area contributed by atoms with Crippen LogP contribution in [0.15, 0.2) is 36.4 Å². The lowest BCUT2D eigenvalue weighted by molar-refractivity contribution is -0.386. The normalized spacial score (nSPS) is 10.0. The minimum atomic E-state index is -0.591. The first-order chi connectivity index (χ1) is 8.61. The maximum absolute atomic E-state index is 10.9. The van der Waals surface area contributed by atoms with Gasteiger partial charge in [-0.1, -0.05) is 12.1 Å². The van der Waals surface area contributed by atoms with Gasteiger partial charge < -0.3 is 0 Å². The van der Waals surface area contributed by atoms with Crippen molar-refractivity contribution in [3.63, 3.8) is 0 Å². The smallest absolute Gasteiger partial charge is 0.258 e. The predicted octanol–water partition coefficient (Wildman–Crippen LogP) is 2.77. The molecule has 2 radical (unpaired) electrons. The molecule has 0 N–H and O–H groups in total. The van der Waals surface area contributed by atoms with E-state index in [1.165, 1.54) is 36.4 Å². The molecule has 0 aliphatic carbocycles. The van der Waals surface area contributed by atoms with E-state index in [9.17, 15) is 20.2 Å². The van der Waals surface area contributed by atoms with Gasteiger partial charge in [0, 0.05) is 12.1 Å². The van der Waals surface area contributed by atoms with Crippen LogP contribution < -0.4 is 0 Å². The van der Waals surface area contributed by atoms with Crippen LogP contribution in [0.4, 0.5) is 11.4 Å². The van der Waals surface area contributed by atoms with E-state index in [2.05, 4.69) is 12.1 Å². The Morgan fingerprint density at radius 2 is 1.22 bits per heavy atom. The molecular weight excluding hydrogens is 236 g/mol. The van der Waals surface area contributed by atoms with Crippen molar-refractivity contribution in [3.05, 3.63) is 68.8 Å². The molecule has 88 valence electrons. The molecule has 0 spiro atoms. The summed E-state index contributed by atoms with van der Waals surface area (Å²) >= 11 is 0. The molecule has 0 amide bonds. The number of hydrogen-bond acceptors (Lipinski definition) is 4. The van der Waals surface area contributed by atoms with Crippen LogP contribution in [-0.4, -0.2) is 9.85 Å². The summed E-state index contributed by atoms with van der Waals surface area (Å²) in [6, 6.07) is 13.4. The van der Waals surface area contributed by atoms with Crippen LogP contribution in [0.25, 0.3) is 11.1 Å². The predicted molar refractivity (Wildman–Crippen MR) is 62.9 cm³/mol. The maximum atomic E-state index is 10.9. The Balaban J connectivity index is 2.70. The second-order valence-corrected chi connectivity index (χ2v) is 3.40. The molecule has 18 heavy (non-hydrogen) atoms. The zero-order chi connectivity index (χ0) is 13.1. The highest BCUT2D eigenvalue weighted by molar-refractivity contribution is 5.80. The first kappa shape index (κ1) is 11.7. The summed E-state index contributed by atoms with van der Waals surface area (Å²) < 4.78 is 0. The van der Waals surface area contributed by atoms with Crippen LogP contribution >= 0.6 is 0 Å². The standard InChI is InChI=1S/C12H6N2O4/c15-13(16)11-7-3-1-5-9(11)10-6-2-4-8-12(10)14(17)18/h1-2,5-8H. The second-order valence-electron chi connectivity index (χ2n) is 3.40. The van der Waals surface area contributed by atoms with Gasteiger partial charge in [-0.15, -0.1) is 0 Å². The van der Waals surface area contributed by atoms with E-state index < -0.39 is 9.85 Å². The first-order valence-corrected chi connectivity index (χ1v) is 4.90. The van der Waals surface area contributed by atoms with Crippen LogP contribution in [0.2, 0.25) is 0 Å². The largest absolute Gasteiger partial charge is 0.278 e. The summed E-state index contributed by atoms with van der Waals surface area (Å²) in [5.74, 6) is 0. The number of rotatable bonds is 3. The third kappa shape index (κ3) is 2.03. The number of benzene rings is 2.